The molecule has 0 radical (unpaired) electrons. The van der Waals surface area contributed by atoms with Crippen LogP contribution in [0, 0.1) is 10.1 Å². The predicted molar refractivity (Wildman–Crippen MR) is 78.6 cm³/mol. The van der Waals surface area contributed by atoms with Gasteiger partial charge in [-0.15, -0.1) is 0 Å². The van der Waals surface area contributed by atoms with Gasteiger partial charge in [-0.2, -0.15) is 0 Å². The van der Waals surface area contributed by atoms with Gasteiger partial charge in [0.25, 0.3) is 5.69 Å². The lowest BCUT2D eigenvalue weighted by atomic mass is 10.1. The fourth-order valence-electron chi connectivity index (χ4n) is 2.69. The molecule has 0 unspecified atom stereocenters. The standard InChI is InChI=1S/C13H21N5O2/c1-17(10-6-4-2-3-5-7-10)13-9-11(18(19)20)8-12(15-13)16-14/h8-10H,2-7,14H2,1H3,(H,15,16). The molecule has 7 nitrogen and oxygen atoms in total. The number of hydrogen-bond donors (Lipinski definition) is 2. The Kier molecular flexibility index (Phi) is 4.73. The maximum atomic E-state index is 11.0. The van der Waals surface area contributed by atoms with Gasteiger partial charge in [0.15, 0.2) is 0 Å². The van der Waals surface area contributed by atoms with Crippen molar-refractivity contribution in [2.45, 2.75) is 44.6 Å². The van der Waals surface area contributed by atoms with Gasteiger partial charge in [-0.3, -0.25) is 10.1 Å². The molecule has 1 aromatic rings. The lowest BCUT2D eigenvalue weighted by molar-refractivity contribution is -0.384. The van der Waals surface area contributed by atoms with E-state index < -0.39 is 4.92 Å². The first kappa shape index (κ1) is 14.5. The van der Waals surface area contributed by atoms with Crippen LogP contribution in [0.15, 0.2) is 12.1 Å². The van der Waals surface area contributed by atoms with E-state index in [1.807, 2.05) is 11.9 Å². The number of hydrazine groups is 1. The van der Waals surface area contributed by atoms with Gasteiger partial charge in [-0.05, 0) is 12.8 Å². The minimum absolute atomic E-state index is 0.00317. The number of pyridine rings is 1. The first-order valence-electron chi connectivity index (χ1n) is 6.97. The zero-order valence-electron chi connectivity index (χ0n) is 11.7. The SMILES string of the molecule is CN(c1cc([N+](=O)[O-])cc(NN)n1)C1CCCCCC1. The summed E-state index contributed by atoms with van der Waals surface area (Å²) >= 11 is 0. The van der Waals surface area contributed by atoms with Crippen LogP contribution < -0.4 is 16.2 Å². The Morgan fingerprint density at radius 2 is 2.00 bits per heavy atom. The molecule has 0 aliphatic heterocycles. The van der Waals surface area contributed by atoms with Crippen molar-refractivity contribution < 1.29 is 4.92 Å². The zero-order valence-corrected chi connectivity index (χ0v) is 11.7. The highest BCUT2D eigenvalue weighted by Crippen LogP contribution is 2.28. The second kappa shape index (κ2) is 6.51. The molecule has 7 heteroatoms. The van der Waals surface area contributed by atoms with Crippen LogP contribution in [0.2, 0.25) is 0 Å². The minimum Gasteiger partial charge on any atom is -0.356 e. The monoisotopic (exact) mass is 279 g/mol. The minimum atomic E-state index is -0.424. The lowest BCUT2D eigenvalue weighted by Crippen LogP contribution is -2.32. The molecule has 0 saturated heterocycles. The highest BCUT2D eigenvalue weighted by molar-refractivity contribution is 5.55. The Balaban J connectivity index is 2.25. The van der Waals surface area contributed by atoms with E-state index in [-0.39, 0.29) is 5.69 Å². The van der Waals surface area contributed by atoms with Gasteiger partial charge < -0.3 is 10.3 Å². The van der Waals surface area contributed by atoms with E-state index in [2.05, 4.69) is 10.4 Å². The second-order valence-electron chi connectivity index (χ2n) is 5.23. The number of aromatic nitrogens is 1. The average molecular weight is 279 g/mol. The van der Waals surface area contributed by atoms with Crippen LogP contribution >= 0.6 is 0 Å². The first-order chi connectivity index (χ1) is 9.61. The van der Waals surface area contributed by atoms with Gasteiger partial charge in [0.05, 0.1) is 17.1 Å². The van der Waals surface area contributed by atoms with Crippen LogP contribution in [0.1, 0.15) is 38.5 Å². The van der Waals surface area contributed by atoms with E-state index in [4.69, 9.17) is 5.84 Å². The Bertz CT molecular complexity index is 472. The van der Waals surface area contributed by atoms with Gasteiger partial charge in [0.2, 0.25) is 0 Å². The molecule has 2 rings (SSSR count). The van der Waals surface area contributed by atoms with E-state index in [9.17, 15) is 10.1 Å². The van der Waals surface area contributed by atoms with Gasteiger partial charge in [0.1, 0.15) is 11.6 Å². The summed E-state index contributed by atoms with van der Waals surface area (Å²) in [7, 11) is 1.95. The molecule has 1 saturated carbocycles. The third kappa shape index (κ3) is 3.36. The van der Waals surface area contributed by atoms with Crippen LogP contribution in [0.5, 0.6) is 0 Å². The summed E-state index contributed by atoms with van der Waals surface area (Å²) < 4.78 is 0. The van der Waals surface area contributed by atoms with Crippen LogP contribution in [-0.4, -0.2) is 23.0 Å². The molecular formula is C13H21N5O2. The molecule has 0 amide bonds. The smallest absolute Gasteiger partial charge is 0.276 e. The molecule has 1 fully saturated rings. The maximum Gasteiger partial charge on any atom is 0.276 e. The summed E-state index contributed by atoms with van der Waals surface area (Å²) in [5, 5.41) is 11.0. The number of nitrogens with two attached hydrogens (primary N) is 1. The van der Waals surface area contributed by atoms with E-state index in [0.717, 1.165) is 12.8 Å². The molecule has 3 N–H and O–H groups in total. The van der Waals surface area contributed by atoms with Crippen LogP contribution in [0.25, 0.3) is 0 Å². The van der Waals surface area contributed by atoms with Crippen molar-refractivity contribution in [2.75, 3.05) is 17.4 Å². The first-order valence-corrected chi connectivity index (χ1v) is 6.97. The summed E-state index contributed by atoms with van der Waals surface area (Å²) in [6.45, 7) is 0. The summed E-state index contributed by atoms with van der Waals surface area (Å²) in [6, 6.07) is 3.23. The molecule has 20 heavy (non-hydrogen) atoms. The number of nitrogens with one attached hydrogen (secondary N) is 1. The Morgan fingerprint density at radius 3 is 2.55 bits per heavy atom. The maximum absolute atomic E-state index is 11.0. The van der Waals surface area contributed by atoms with E-state index >= 15 is 0 Å². The molecule has 110 valence electrons. The molecule has 0 atom stereocenters. The second-order valence-corrected chi connectivity index (χ2v) is 5.23. The Morgan fingerprint density at radius 1 is 1.35 bits per heavy atom. The fraction of sp³-hybridized carbons (Fsp3) is 0.615. The van der Waals surface area contributed by atoms with Gasteiger partial charge in [-0.1, -0.05) is 25.7 Å². The van der Waals surface area contributed by atoms with Crippen molar-refractivity contribution in [3.8, 4) is 0 Å². The number of nitrogens with zero attached hydrogens (tertiary/aromatic N) is 3. The van der Waals surface area contributed by atoms with Crippen LogP contribution in [0.4, 0.5) is 17.3 Å². The quantitative estimate of drug-likeness (QED) is 0.380. The molecule has 1 aromatic heterocycles. The Hall–Kier alpha value is -1.89. The third-order valence-electron chi connectivity index (χ3n) is 3.89. The van der Waals surface area contributed by atoms with Gasteiger partial charge in [0, 0.05) is 13.1 Å². The van der Waals surface area contributed by atoms with Crippen molar-refractivity contribution >= 4 is 17.3 Å². The number of rotatable bonds is 4. The van der Waals surface area contributed by atoms with Crippen molar-refractivity contribution in [3.63, 3.8) is 0 Å². The predicted octanol–water partition coefficient (Wildman–Crippen LogP) is 2.43. The summed E-state index contributed by atoms with van der Waals surface area (Å²) in [5.74, 6) is 6.25. The normalized spacial score (nSPS) is 16.5. The summed E-state index contributed by atoms with van der Waals surface area (Å²) in [4.78, 5) is 16.9. The van der Waals surface area contributed by atoms with E-state index in [1.54, 1.807) is 0 Å². The van der Waals surface area contributed by atoms with Crippen molar-refractivity contribution in [1.82, 2.24) is 4.98 Å². The highest BCUT2D eigenvalue weighted by atomic mass is 16.6. The van der Waals surface area contributed by atoms with Gasteiger partial charge >= 0.3 is 0 Å². The number of anilines is 2. The lowest BCUT2D eigenvalue weighted by Gasteiger charge is -2.28. The number of hydrogen-bond acceptors (Lipinski definition) is 6. The van der Waals surface area contributed by atoms with E-state index in [1.165, 1.54) is 37.8 Å². The molecule has 1 heterocycles. The van der Waals surface area contributed by atoms with E-state index in [0.29, 0.717) is 17.7 Å². The van der Waals surface area contributed by atoms with Crippen molar-refractivity contribution in [2.24, 2.45) is 5.84 Å². The molecular weight excluding hydrogens is 258 g/mol. The molecule has 0 bridgehead atoms. The zero-order chi connectivity index (χ0) is 14.5. The molecule has 1 aliphatic carbocycles. The van der Waals surface area contributed by atoms with Crippen molar-refractivity contribution in [3.05, 3.63) is 22.2 Å². The largest absolute Gasteiger partial charge is 0.356 e. The molecule has 1 aliphatic rings. The van der Waals surface area contributed by atoms with Crippen molar-refractivity contribution in [1.29, 1.82) is 0 Å². The molecule has 0 spiro atoms. The topological polar surface area (TPSA) is 97.3 Å². The number of nitro groups is 1. The van der Waals surface area contributed by atoms with Gasteiger partial charge in [-0.25, -0.2) is 10.8 Å². The molecule has 0 aromatic carbocycles. The third-order valence-corrected chi connectivity index (χ3v) is 3.89. The average Bonchev–Trinajstić information content (AvgIpc) is 2.74. The highest BCUT2D eigenvalue weighted by Gasteiger charge is 2.21. The Labute approximate surface area is 118 Å². The summed E-state index contributed by atoms with van der Waals surface area (Å²) in [5.41, 5.74) is 2.39. The fourth-order valence-corrected chi connectivity index (χ4v) is 2.69. The van der Waals surface area contributed by atoms with Crippen LogP contribution in [-0.2, 0) is 0 Å². The summed E-state index contributed by atoms with van der Waals surface area (Å²) in [6.07, 6.45) is 7.14. The van der Waals surface area contributed by atoms with Crippen LogP contribution in [0.3, 0.4) is 0 Å². The number of nitrogen functional groups attached to an aromatic ring is 1.